The second-order valence-electron chi connectivity index (χ2n) is 4.34. The van der Waals surface area contributed by atoms with E-state index in [0.717, 1.165) is 12.2 Å². The third-order valence-electron chi connectivity index (χ3n) is 2.70. The third-order valence-corrected chi connectivity index (χ3v) is 3.51. The van der Waals surface area contributed by atoms with Crippen LogP contribution in [0.5, 0.6) is 0 Å². The molecule has 0 aliphatic rings. The topological polar surface area (TPSA) is 82.5 Å². The van der Waals surface area contributed by atoms with Gasteiger partial charge in [0.25, 0.3) is 0 Å². The Hall–Kier alpha value is -1.47. The Morgan fingerprint density at radius 2 is 2.26 bits per heavy atom. The Balaban J connectivity index is 2.62. The third kappa shape index (κ3) is 5.35. The van der Waals surface area contributed by atoms with Gasteiger partial charge in [-0.15, -0.1) is 11.3 Å². The SMILES string of the molecule is CCN(Cc1csc(NC(C)=O)n1)C(C)CC(=O)O. The standard InChI is InChI=1S/C12H19N3O3S/c1-4-15(8(2)5-11(17)18)6-10-7-19-12(14-10)13-9(3)16/h7-8H,4-6H2,1-3H3,(H,17,18)(H,13,14,16). The second-order valence-corrected chi connectivity index (χ2v) is 5.19. The molecule has 0 spiro atoms. The molecule has 1 atom stereocenters. The van der Waals surface area contributed by atoms with Gasteiger partial charge >= 0.3 is 5.97 Å². The smallest absolute Gasteiger partial charge is 0.304 e. The number of carbonyl (C=O) groups is 2. The van der Waals surface area contributed by atoms with E-state index in [9.17, 15) is 9.59 Å². The summed E-state index contributed by atoms with van der Waals surface area (Å²) in [5.41, 5.74) is 0.841. The van der Waals surface area contributed by atoms with Gasteiger partial charge in [0.05, 0.1) is 12.1 Å². The Bertz CT molecular complexity index is 447. The number of anilines is 1. The molecule has 1 amide bonds. The molecule has 0 bridgehead atoms. The van der Waals surface area contributed by atoms with Crippen LogP contribution in [0.4, 0.5) is 5.13 Å². The molecule has 0 saturated heterocycles. The van der Waals surface area contributed by atoms with Crippen LogP contribution in [-0.2, 0) is 16.1 Å². The highest BCUT2D eigenvalue weighted by molar-refractivity contribution is 7.13. The monoisotopic (exact) mass is 285 g/mol. The summed E-state index contributed by atoms with van der Waals surface area (Å²) in [5, 5.41) is 13.9. The van der Waals surface area contributed by atoms with Gasteiger partial charge in [0.15, 0.2) is 5.13 Å². The van der Waals surface area contributed by atoms with Crippen molar-refractivity contribution in [3.63, 3.8) is 0 Å². The predicted octanol–water partition coefficient (Wildman–Crippen LogP) is 1.79. The van der Waals surface area contributed by atoms with Gasteiger partial charge in [-0.1, -0.05) is 6.92 Å². The number of thiazole rings is 1. The molecule has 0 aliphatic heterocycles. The maximum absolute atomic E-state index is 10.9. The van der Waals surface area contributed by atoms with Crippen molar-refractivity contribution >= 4 is 28.3 Å². The van der Waals surface area contributed by atoms with Crippen LogP contribution in [0.15, 0.2) is 5.38 Å². The molecule has 0 aliphatic carbocycles. The molecule has 19 heavy (non-hydrogen) atoms. The van der Waals surface area contributed by atoms with Crippen LogP contribution in [0.1, 0.15) is 32.9 Å². The number of amides is 1. The van der Waals surface area contributed by atoms with E-state index in [2.05, 4.69) is 10.3 Å². The first-order chi connectivity index (χ1) is 8.92. The number of carboxylic acid groups (broad SMARTS) is 1. The van der Waals surface area contributed by atoms with Crippen LogP contribution >= 0.6 is 11.3 Å². The predicted molar refractivity (Wildman–Crippen MR) is 74.2 cm³/mol. The van der Waals surface area contributed by atoms with Crippen molar-refractivity contribution in [2.45, 2.75) is 39.8 Å². The Kier molecular flexibility index (Phi) is 5.91. The first-order valence-electron chi connectivity index (χ1n) is 6.10. The molecule has 0 fully saturated rings. The van der Waals surface area contributed by atoms with Gasteiger partial charge in [0.2, 0.25) is 5.91 Å². The fourth-order valence-electron chi connectivity index (χ4n) is 1.76. The van der Waals surface area contributed by atoms with Crippen molar-refractivity contribution in [2.75, 3.05) is 11.9 Å². The highest BCUT2D eigenvalue weighted by atomic mass is 32.1. The molecular formula is C12H19N3O3S. The Morgan fingerprint density at radius 3 is 2.79 bits per heavy atom. The summed E-state index contributed by atoms with van der Waals surface area (Å²) in [6.07, 6.45) is 0.108. The fraction of sp³-hybridized carbons (Fsp3) is 0.583. The quantitative estimate of drug-likeness (QED) is 0.798. The van der Waals surface area contributed by atoms with Crippen molar-refractivity contribution in [1.29, 1.82) is 0 Å². The van der Waals surface area contributed by atoms with Crippen molar-refractivity contribution in [3.05, 3.63) is 11.1 Å². The summed E-state index contributed by atoms with van der Waals surface area (Å²) in [4.78, 5) is 28.0. The lowest BCUT2D eigenvalue weighted by molar-refractivity contribution is -0.138. The van der Waals surface area contributed by atoms with Crippen molar-refractivity contribution in [2.24, 2.45) is 0 Å². The summed E-state index contributed by atoms with van der Waals surface area (Å²) < 4.78 is 0. The van der Waals surface area contributed by atoms with E-state index in [1.54, 1.807) is 0 Å². The van der Waals surface area contributed by atoms with Crippen LogP contribution in [0, 0.1) is 0 Å². The summed E-state index contributed by atoms with van der Waals surface area (Å²) in [7, 11) is 0. The zero-order valence-corrected chi connectivity index (χ0v) is 12.2. The minimum absolute atomic E-state index is 0.0478. The van der Waals surface area contributed by atoms with Gasteiger partial charge < -0.3 is 10.4 Å². The van der Waals surface area contributed by atoms with E-state index in [1.165, 1.54) is 18.3 Å². The number of carbonyl (C=O) groups excluding carboxylic acids is 1. The fourth-order valence-corrected chi connectivity index (χ4v) is 2.50. The van der Waals surface area contributed by atoms with E-state index in [0.29, 0.717) is 11.7 Å². The first-order valence-corrected chi connectivity index (χ1v) is 6.98. The molecule has 1 aromatic heterocycles. The number of rotatable bonds is 7. The molecule has 106 valence electrons. The lowest BCUT2D eigenvalue weighted by Crippen LogP contribution is -2.34. The van der Waals surface area contributed by atoms with Gasteiger partial charge in [-0.3, -0.25) is 14.5 Å². The zero-order chi connectivity index (χ0) is 14.4. The maximum atomic E-state index is 10.9. The molecule has 1 unspecified atom stereocenters. The van der Waals surface area contributed by atoms with Crippen molar-refractivity contribution in [3.8, 4) is 0 Å². The number of nitrogens with one attached hydrogen (secondary N) is 1. The summed E-state index contributed by atoms with van der Waals surface area (Å²) >= 11 is 1.37. The van der Waals surface area contributed by atoms with Crippen LogP contribution < -0.4 is 5.32 Å². The second kappa shape index (κ2) is 7.20. The first kappa shape index (κ1) is 15.6. The largest absolute Gasteiger partial charge is 0.481 e. The minimum atomic E-state index is -0.803. The number of aromatic nitrogens is 1. The van der Waals surface area contributed by atoms with E-state index in [-0.39, 0.29) is 18.4 Å². The van der Waals surface area contributed by atoms with E-state index in [4.69, 9.17) is 5.11 Å². The van der Waals surface area contributed by atoms with E-state index in [1.807, 2.05) is 24.1 Å². The molecule has 1 rings (SSSR count). The van der Waals surface area contributed by atoms with Gasteiger partial charge in [-0.2, -0.15) is 0 Å². The van der Waals surface area contributed by atoms with Crippen LogP contribution in [0.3, 0.4) is 0 Å². The molecule has 0 saturated carbocycles. The summed E-state index contributed by atoms with van der Waals surface area (Å²) in [6, 6.07) is -0.0478. The average molecular weight is 285 g/mol. The molecule has 1 heterocycles. The number of hydrogen-bond donors (Lipinski definition) is 2. The van der Waals surface area contributed by atoms with Gasteiger partial charge in [-0.25, -0.2) is 4.98 Å². The van der Waals surface area contributed by atoms with Gasteiger partial charge in [0, 0.05) is 24.9 Å². The maximum Gasteiger partial charge on any atom is 0.304 e. The van der Waals surface area contributed by atoms with Crippen LogP contribution in [-0.4, -0.2) is 39.5 Å². The zero-order valence-electron chi connectivity index (χ0n) is 11.3. The number of nitrogens with zero attached hydrogens (tertiary/aromatic N) is 2. The lowest BCUT2D eigenvalue weighted by atomic mass is 10.2. The Labute approximate surface area is 116 Å². The molecule has 0 radical (unpaired) electrons. The lowest BCUT2D eigenvalue weighted by Gasteiger charge is -2.25. The van der Waals surface area contributed by atoms with Crippen LogP contribution in [0.2, 0.25) is 0 Å². The number of carboxylic acids is 1. The minimum Gasteiger partial charge on any atom is -0.481 e. The van der Waals surface area contributed by atoms with E-state index < -0.39 is 5.97 Å². The Morgan fingerprint density at radius 1 is 1.58 bits per heavy atom. The average Bonchev–Trinajstić information content (AvgIpc) is 2.71. The summed E-state index contributed by atoms with van der Waals surface area (Å²) in [5.74, 6) is -0.948. The van der Waals surface area contributed by atoms with Crippen molar-refractivity contribution < 1.29 is 14.7 Å². The number of aliphatic carboxylic acids is 1. The molecule has 6 nitrogen and oxygen atoms in total. The molecular weight excluding hydrogens is 266 g/mol. The van der Waals surface area contributed by atoms with Crippen LogP contribution in [0.25, 0.3) is 0 Å². The number of hydrogen-bond acceptors (Lipinski definition) is 5. The molecule has 1 aromatic rings. The molecule has 2 N–H and O–H groups in total. The summed E-state index contributed by atoms with van der Waals surface area (Å²) in [6.45, 7) is 6.65. The molecule has 0 aromatic carbocycles. The van der Waals surface area contributed by atoms with Gasteiger partial charge in [0.1, 0.15) is 0 Å². The normalized spacial score (nSPS) is 12.4. The highest BCUT2D eigenvalue weighted by Gasteiger charge is 2.17. The highest BCUT2D eigenvalue weighted by Crippen LogP contribution is 2.18. The van der Waals surface area contributed by atoms with Gasteiger partial charge in [-0.05, 0) is 13.5 Å². The van der Waals surface area contributed by atoms with Crippen molar-refractivity contribution in [1.82, 2.24) is 9.88 Å². The van der Waals surface area contributed by atoms with E-state index >= 15 is 0 Å². The molecule has 7 heteroatoms.